The third-order valence-corrected chi connectivity index (χ3v) is 2.93. The van der Waals surface area contributed by atoms with E-state index < -0.39 is 0 Å². The van der Waals surface area contributed by atoms with Crippen LogP contribution in [-0.2, 0) is 9.59 Å². The van der Waals surface area contributed by atoms with E-state index in [1.165, 1.54) is 17.7 Å². The Labute approximate surface area is 121 Å². The summed E-state index contributed by atoms with van der Waals surface area (Å²) >= 11 is 0. The number of hydrogen-bond acceptors (Lipinski definition) is 3. The second-order valence-corrected chi connectivity index (χ2v) is 4.91. The summed E-state index contributed by atoms with van der Waals surface area (Å²) in [5.41, 5.74) is 4.94. The number of nitrogens with two attached hydrogens (primary N) is 1. The fourth-order valence-corrected chi connectivity index (χ4v) is 1.74. The van der Waals surface area contributed by atoms with Gasteiger partial charge in [-0.05, 0) is 12.8 Å². The first kappa shape index (κ1) is 18.4. The van der Waals surface area contributed by atoms with Crippen molar-refractivity contribution in [2.24, 2.45) is 5.73 Å². The number of nitrogens with one attached hydrogen (secondary N) is 1. The van der Waals surface area contributed by atoms with Gasteiger partial charge in [-0.25, -0.2) is 4.79 Å². The largest absolute Gasteiger partial charge is 0.370 e. The normalized spacial score (nSPS) is 13.8. The first-order valence-corrected chi connectivity index (χ1v) is 7.38. The molecule has 20 heavy (non-hydrogen) atoms. The van der Waals surface area contributed by atoms with Crippen molar-refractivity contribution in [3.05, 3.63) is 0 Å². The minimum Gasteiger partial charge on any atom is -0.370 e. The predicted molar refractivity (Wildman–Crippen MR) is 78.0 cm³/mol. The van der Waals surface area contributed by atoms with Gasteiger partial charge in [-0.2, -0.15) is 0 Å². The van der Waals surface area contributed by atoms with Crippen LogP contribution in [0.2, 0.25) is 0 Å². The van der Waals surface area contributed by atoms with Gasteiger partial charge in [0.25, 0.3) is 0 Å². The standard InChI is InChI=1S/C7H12N2O2.C7H15NO/c1-2-3-4-9-5-6(10)8-7(9)11;1-2-3-4-5-6-7(8)9/h2-5H2,1H3,(H,8,10,11);2-6H2,1H3,(H2,8,9). The Kier molecular flexibility index (Phi) is 10.4. The first-order valence-electron chi connectivity index (χ1n) is 7.38. The number of amides is 4. The monoisotopic (exact) mass is 285 g/mol. The van der Waals surface area contributed by atoms with Crippen LogP contribution in [0.5, 0.6) is 0 Å². The van der Waals surface area contributed by atoms with Gasteiger partial charge in [0.15, 0.2) is 0 Å². The molecule has 0 radical (unpaired) electrons. The van der Waals surface area contributed by atoms with Crippen molar-refractivity contribution in [3.8, 4) is 0 Å². The molecule has 0 spiro atoms. The fraction of sp³-hybridized carbons (Fsp3) is 0.786. The Bertz CT molecular complexity index is 319. The van der Waals surface area contributed by atoms with Gasteiger partial charge in [-0.1, -0.05) is 39.5 Å². The van der Waals surface area contributed by atoms with Gasteiger partial charge in [-0.15, -0.1) is 0 Å². The van der Waals surface area contributed by atoms with Gasteiger partial charge in [0, 0.05) is 13.0 Å². The van der Waals surface area contributed by atoms with Crippen LogP contribution in [0.1, 0.15) is 58.8 Å². The van der Waals surface area contributed by atoms with Crippen molar-refractivity contribution in [2.45, 2.75) is 58.8 Å². The second kappa shape index (κ2) is 11.3. The molecule has 1 aliphatic heterocycles. The number of rotatable bonds is 8. The number of hydrogen-bond donors (Lipinski definition) is 2. The third kappa shape index (κ3) is 9.35. The van der Waals surface area contributed by atoms with E-state index in [0.29, 0.717) is 13.0 Å². The molecule has 0 aromatic rings. The van der Waals surface area contributed by atoms with Crippen molar-refractivity contribution < 1.29 is 14.4 Å². The van der Waals surface area contributed by atoms with Crippen LogP contribution >= 0.6 is 0 Å². The molecule has 1 rings (SSSR count). The molecule has 6 nitrogen and oxygen atoms in total. The molecule has 6 heteroatoms. The molecule has 0 aliphatic carbocycles. The van der Waals surface area contributed by atoms with E-state index in [-0.39, 0.29) is 24.4 Å². The Morgan fingerprint density at radius 3 is 2.25 bits per heavy atom. The van der Waals surface area contributed by atoms with Crippen LogP contribution in [-0.4, -0.2) is 35.8 Å². The molecule has 0 unspecified atom stereocenters. The molecular formula is C14H27N3O3. The summed E-state index contributed by atoms with van der Waals surface area (Å²) in [4.78, 5) is 33.3. The number of urea groups is 1. The lowest BCUT2D eigenvalue weighted by Crippen LogP contribution is -2.28. The Morgan fingerprint density at radius 1 is 1.15 bits per heavy atom. The molecule has 0 bridgehead atoms. The zero-order valence-electron chi connectivity index (χ0n) is 12.6. The highest BCUT2D eigenvalue weighted by atomic mass is 16.2. The van der Waals surface area contributed by atoms with E-state index in [4.69, 9.17) is 5.73 Å². The number of nitrogens with zero attached hydrogens (tertiary/aromatic N) is 1. The van der Waals surface area contributed by atoms with Crippen molar-refractivity contribution in [1.29, 1.82) is 0 Å². The second-order valence-electron chi connectivity index (χ2n) is 4.91. The van der Waals surface area contributed by atoms with Gasteiger partial charge in [0.2, 0.25) is 11.8 Å². The van der Waals surface area contributed by atoms with Crippen LogP contribution < -0.4 is 11.1 Å². The van der Waals surface area contributed by atoms with E-state index in [2.05, 4.69) is 19.2 Å². The van der Waals surface area contributed by atoms with Crippen LogP contribution in [0, 0.1) is 0 Å². The lowest BCUT2D eigenvalue weighted by Gasteiger charge is -2.10. The van der Waals surface area contributed by atoms with Crippen molar-refractivity contribution in [2.75, 3.05) is 13.1 Å². The molecule has 0 saturated carbocycles. The number of unbranched alkanes of at least 4 members (excludes halogenated alkanes) is 4. The lowest BCUT2D eigenvalue weighted by molar-refractivity contribution is -0.119. The van der Waals surface area contributed by atoms with E-state index in [1.807, 2.05) is 0 Å². The molecule has 0 atom stereocenters. The fourth-order valence-electron chi connectivity index (χ4n) is 1.74. The Balaban J connectivity index is 0.000000370. The summed E-state index contributed by atoms with van der Waals surface area (Å²) in [7, 11) is 0. The number of primary amides is 1. The average molecular weight is 285 g/mol. The first-order chi connectivity index (χ1) is 9.51. The molecular weight excluding hydrogens is 258 g/mol. The zero-order chi connectivity index (χ0) is 15.4. The van der Waals surface area contributed by atoms with E-state index in [1.54, 1.807) is 0 Å². The quantitative estimate of drug-likeness (QED) is 0.526. The van der Waals surface area contributed by atoms with Crippen LogP contribution in [0.4, 0.5) is 4.79 Å². The van der Waals surface area contributed by atoms with Gasteiger partial charge in [-0.3, -0.25) is 14.9 Å². The van der Waals surface area contributed by atoms with Crippen molar-refractivity contribution >= 4 is 17.8 Å². The van der Waals surface area contributed by atoms with Gasteiger partial charge in [0.1, 0.15) is 6.54 Å². The Hall–Kier alpha value is -1.59. The maximum atomic E-state index is 10.9. The molecule has 4 amide bonds. The maximum absolute atomic E-state index is 10.9. The highest BCUT2D eigenvalue weighted by Crippen LogP contribution is 2.01. The third-order valence-electron chi connectivity index (χ3n) is 2.93. The molecule has 1 fully saturated rings. The molecule has 1 aliphatic rings. The summed E-state index contributed by atoms with van der Waals surface area (Å²) in [6.07, 6.45) is 7.08. The van der Waals surface area contributed by atoms with E-state index in [0.717, 1.165) is 25.7 Å². The molecule has 3 N–H and O–H groups in total. The lowest BCUT2D eigenvalue weighted by atomic mass is 10.1. The highest BCUT2D eigenvalue weighted by molar-refractivity contribution is 6.01. The predicted octanol–water partition coefficient (Wildman–Crippen LogP) is 1.78. The van der Waals surface area contributed by atoms with Crippen LogP contribution in [0.15, 0.2) is 0 Å². The molecule has 1 saturated heterocycles. The molecule has 116 valence electrons. The molecule has 0 aromatic carbocycles. The van der Waals surface area contributed by atoms with Gasteiger partial charge >= 0.3 is 6.03 Å². The maximum Gasteiger partial charge on any atom is 0.324 e. The summed E-state index contributed by atoms with van der Waals surface area (Å²) < 4.78 is 0. The summed E-state index contributed by atoms with van der Waals surface area (Å²) in [5, 5.41) is 2.22. The van der Waals surface area contributed by atoms with Crippen molar-refractivity contribution in [1.82, 2.24) is 10.2 Å². The zero-order valence-corrected chi connectivity index (χ0v) is 12.6. The average Bonchev–Trinajstić information content (AvgIpc) is 2.71. The van der Waals surface area contributed by atoms with Gasteiger partial charge in [0.05, 0.1) is 0 Å². The summed E-state index contributed by atoms with van der Waals surface area (Å²) in [5.74, 6) is -0.364. The van der Waals surface area contributed by atoms with E-state index in [9.17, 15) is 14.4 Å². The number of imide groups is 1. The smallest absolute Gasteiger partial charge is 0.324 e. The van der Waals surface area contributed by atoms with E-state index >= 15 is 0 Å². The number of carbonyl (C=O) groups is 3. The minimum absolute atomic E-state index is 0.175. The topological polar surface area (TPSA) is 92.5 Å². The molecule has 0 aromatic heterocycles. The number of carbonyl (C=O) groups excluding carboxylic acids is 3. The van der Waals surface area contributed by atoms with Crippen LogP contribution in [0.25, 0.3) is 0 Å². The SMILES string of the molecule is CCCCCCC(N)=O.CCCCN1CC(=O)NC1=O. The molecule has 1 heterocycles. The summed E-state index contributed by atoms with van der Waals surface area (Å²) in [6, 6.07) is -0.247. The van der Waals surface area contributed by atoms with Crippen molar-refractivity contribution in [3.63, 3.8) is 0 Å². The van der Waals surface area contributed by atoms with Crippen LogP contribution in [0.3, 0.4) is 0 Å². The Morgan fingerprint density at radius 2 is 1.80 bits per heavy atom. The summed E-state index contributed by atoms with van der Waals surface area (Å²) in [6.45, 7) is 5.12. The highest BCUT2D eigenvalue weighted by Gasteiger charge is 2.25. The minimum atomic E-state index is -0.247. The van der Waals surface area contributed by atoms with Gasteiger partial charge < -0.3 is 10.6 Å².